The maximum Gasteiger partial charge on any atom is 0.340 e. The summed E-state index contributed by atoms with van der Waals surface area (Å²) in [7, 11) is 7.35. The molecular formula is C20H25NO7. The van der Waals surface area contributed by atoms with E-state index in [9.17, 15) is 9.59 Å². The van der Waals surface area contributed by atoms with E-state index in [1.54, 1.807) is 32.2 Å². The Labute approximate surface area is 164 Å². The molecule has 8 heteroatoms. The lowest BCUT2D eigenvalue weighted by Crippen LogP contribution is -2.28. The van der Waals surface area contributed by atoms with Gasteiger partial charge in [-0.3, -0.25) is 4.79 Å². The van der Waals surface area contributed by atoms with Crippen molar-refractivity contribution >= 4 is 18.0 Å². The summed E-state index contributed by atoms with van der Waals surface area (Å²) in [6.45, 7) is 2.37. The summed E-state index contributed by atoms with van der Waals surface area (Å²) in [4.78, 5) is 26.8. The number of amides is 1. The quantitative estimate of drug-likeness (QED) is 0.495. The van der Waals surface area contributed by atoms with Crippen LogP contribution in [0.4, 0.5) is 0 Å². The zero-order valence-corrected chi connectivity index (χ0v) is 17.0. The minimum atomic E-state index is -0.579. The van der Waals surface area contributed by atoms with Crippen LogP contribution in [0.5, 0.6) is 17.2 Å². The molecule has 1 aliphatic rings. The zero-order chi connectivity index (χ0) is 20.8. The molecule has 0 bridgehead atoms. The lowest BCUT2D eigenvalue weighted by molar-refractivity contribution is -0.136. The van der Waals surface area contributed by atoms with Gasteiger partial charge < -0.3 is 28.6 Å². The lowest BCUT2D eigenvalue weighted by atomic mass is 10.0. The van der Waals surface area contributed by atoms with Crippen molar-refractivity contribution in [3.8, 4) is 17.2 Å². The molecule has 1 aromatic carbocycles. The van der Waals surface area contributed by atoms with Gasteiger partial charge in [0.15, 0.2) is 11.5 Å². The Balaban J connectivity index is 2.59. The number of hydrogen-bond acceptors (Lipinski definition) is 7. The topological polar surface area (TPSA) is 83.5 Å². The number of nitrogens with zero attached hydrogens (tertiary/aromatic N) is 1. The molecule has 0 fully saturated rings. The Morgan fingerprint density at radius 2 is 1.64 bits per heavy atom. The summed E-state index contributed by atoms with van der Waals surface area (Å²) in [6.07, 6.45) is 1.61. The van der Waals surface area contributed by atoms with E-state index in [0.717, 1.165) is 0 Å². The fraction of sp³-hybridized carbons (Fsp3) is 0.400. The summed E-state index contributed by atoms with van der Waals surface area (Å²) in [6, 6.07) is 3.40. The van der Waals surface area contributed by atoms with Crippen molar-refractivity contribution in [3.63, 3.8) is 0 Å². The maximum absolute atomic E-state index is 13.0. The number of carbonyl (C=O) groups is 2. The van der Waals surface area contributed by atoms with Crippen LogP contribution in [0.2, 0.25) is 0 Å². The minimum absolute atomic E-state index is 0.220. The van der Waals surface area contributed by atoms with Gasteiger partial charge in [0.2, 0.25) is 5.75 Å². The molecule has 0 spiro atoms. The Morgan fingerprint density at radius 1 is 1.04 bits per heavy atom. The van der Waals surface area contributed by atoms with Crippen molar-refractivity contribution in [1.82, 2.24) is 4.90 Å². The van der Waals surface area contributed by atoms with Gasteiger partial charge in [-0.1, -0.05) is 0 Å². The van der Waals surface area contributed by atoms with Crippen molar-refractivity contribution in [2.24, 2.45) is 0 Å². The van der Waals surface area contributed by atoms with E-state index in [1.807, 2.05) is 0 Å². The van der Waals surface area contributed by atoms with Crippen LogP contribution in [-0.4, -0.2) is 65.5 Å². The maximum atomic E-state index is 13.0. The second kappa shape index (κ2) is 9.27. The van der Waals surface area contributed by atoms with Gasteiger partial charge in [-0.15, -0.1) is 0 Å². The predicted molar refractivity (Wildman–Crippen MR) is 102 cm³/mol. The highest BCUT2D eigenvalue weighted by Crippen LogP contribution is 2.40. The highest BCUT2D eigenvalue weighted by atomic mass is 16.5. The Morgan fingerprint density at radius 3 is 2.11 bits per heavy atom. The van der Waals surface area contributed by atoms with Gasteiger partial charge in [-0.05, 0) is 30.7 Å². The molecule has 0 N–H and O–H groups in total. The molecule has 152 valence electrons. The van der Waals surface area contributed by atoms with E-state index in [1.165, 1.54) is 33.3 Å². The Hall–Kier alpha value is -3.00. The number of ether oxygens (including phenoxy) is 5. The van der Waals surface area contributed by atoms with Gasteiger partial charge in [-0.2, -0.15) is 0 Å². The number of hydrogen-bond donors (Lipinski definition) is 0. The molecule has 1 aliphatic heterocycles. The highest BCUT2D eigenvalue weighted by molar-refractivity contribution is 6.16. The Kier molecular flexibility index (Phi) is 7.06. The fourth-order valence-corrected chi connectivity index (χ4v) is 3.03. The van der Waals surface area contributed by atoms with Gasteiger partial charge in [0.1, 0.15) is 0 Å². The molecule has 0 radical (unpaired) electrons. The molecule has 28 heavy (non-hydrogen) atoms. The van der Waals surface area contributed by atoms with Gasteiger partial charge in [0.05, 0.1) is 46.2 Å². The molecule has 8 nitrogen and oxygen atoms in total. The number of carbonyl (C=O) groups excluding carboxylic acids is 2. The fourth-order valence-electron chi connectivity index (χ4n) is 3.03. The van der Waals surface area contributed by atoms with Crippen LogP contribution in [0.15, 0.2) is 29.0 Å². The highest BCUT2D eigenvalue weighted by Gasteiger charge is 2.36. The third-order valence-corrected chi connectivity index (χ3v) is 4.42. The van der Waals surface area contributed by atoms with Crippen molar-refractivity contribution < 1.29 is 33.3 Å². The molecule has 0 aromatic heterocycles. The molecule has 2 rings (SSSR count). The molecule has 1 aromatic rings. The van der Waals surface area contributed by atoms with Crippen LogP contribution in [0.25, 0.3) is 6.08 Å². The van der Waals surface area contributed by atoms with Crippen molar-refractivity contribution in [3.05, 3.63) is 34.5 Å². The number of rotatable bonds is 8. The van der Waals surface area contributed by atoms with E-state index in [0.29, 0.717) is 41.7 Å². The predicted octanol–water partition coefficient (Wildman–Crippen LogP) is 2.03. The van der Waals surface area contributed by atoms with Crippen molar-refractivity contribution in [2.45, 2.75) is 6.92 Å². The molecule has 0 atom stereocenters. The first-order valence-corrected chi connectivity index (χ1v) is 8.55. The van der Waals surface area contributed by atoms with Crippen molar-refractivity contribution in [2.75, 3.05) is 48.7 Å². The molecule has 1 heterocycles. The standard InChI is InChI=1S/C20H25NO7/c1-12-17(20(23)28-6)14(19(22)21(12)7-8-24-2)9-13-10-15(25-3)18(27-5)16(11-13)26-4/h9-11H,7-8H2,1-6H3. The summed E-state index contributed by atoms with van der Waals surface area (Å²) in [5, 5.41) is 0. The average molecular weight is 391 g/mol. The average Bonchev–Trinajstić information content (AvgIpc) is 2.94. The summed E-state index contributed by atoms with van der Waals surface area (Å²) >= 11 is 0. The van der Waals surface area contributed by atoms with Gasteiger partial charge >= 0.3 is 5.97 Å². The van der Waals surface area contributed by atoms with Crippen LogP contribution < -0.4 is 14.2 Å². The van der Waals surface area contributed by atoms with E-state index < -0.39 is 5.97 Å². The van der Waals surface area contributed by atoms with Crippen LogP contribution in [0.1, 0.15) is 12.5 Å². The van der Waals surface area contributed by atoms with Gasteiger partial charge in [-0.25, -0.2) is 4.79 Å². The number of esters is 1. The lowest BCUT2D eigenvalue weighted by Gasteiger charge is -2.17. The van der Waals surface area contributed by atoms with E-state index >= 15 is 0 Å². The summed E-state index contributed by atoms with van der Waals surface area (Å²) < 4.78 is 26.0. The first-order valence-electron chi connectivity index (χ1n) is 8.55. The molecular weight excluding hydrogens is 366 g/mol. The molecule has 0 aliphatic carbocycles. The molecule has 0 unspecified atom stereocenters. The third kappa shape index (κ3) is 3.96. The van der Waals surface area contributed by atoms with E-state index in [4.69, 9.17) is 23.7 Å². The van der Waals surface area contributed by atoms with Gasteiger partial charge in [0.25, 0.3) is 5.91 Å². The SMILES string of the molecule is COCCN1C(=O)C(=Cc2cc(OC)c(OC)c(OC)c2)C(C(=O)OC)=C1C. The van der Waals surface area contributed by atoms with Crippen LogP contribution in [0, 0.1) is 0 Å². The van der Waals surface area contributed by atoms with Gasteiger partial charge in [0, 0.05) is 19.4 Å². The Bertz CT molecular complexity index is 801. The van der Waals surface area contributed by atoms with Crippen LogP contribution in [0.3, 0.4) is 0 Å². The summed E-state index contributed by atoms with van der Waals surface area (Å²) in [5.74, 6) is 0.436. The molecule has 0 saturated heterocycles. The van der Waals surface area contributed by atoms with Crippen LogP contribution in [-0.2, 0) is 19.1 Å². The van der Waals surface area contributed by atoms with E-state index in [-0.39, 0.29) is 17.1 Å². The third-order valence-electron chi connectivity index (χ3n) is 4.42. The number of methoxy groups -OCH3 is 5. The second-order valence-electron chi connectivity index (χ2n) is 5.92. The summed E-state index contributed by atoms with van der Waals surface area (Å²) in [5.41, 5.74) is 1.58. The van der Waals surface area contributed by atoms with Crippen LogP contribution >= 0.6 is 0 Å². The normalized spacial score (nSPS) is 15.3. The minimum Gasteiger partial charge on any atom is -0.493 e. The van der Waals surface area contributed by atoms with Crippen molar-refractivity contribution in [1.29, 1.82) is 0 Å². The first kappa shape index (κ1) is 21.3. The smallest absolute Gasteiger partial charge is 0.340 e. The first-order chi connectivity index (χ1) is 13.4. The second-order valence-corrected chi connectivity index (χ2v) is 5.92. The largest absolute Gasteiger partial charge is 0.493 e. The molecule has 0 saturated carbocycles. The number of benzene rings is 1. The zero-order valence-electron chi connectivity index (χ0n) is 17.0. The van der Waals surface area contributed by atoms with E-state index in [2.05, 4.69) is 0 Å². The monoisotopic (exact) mass is 391 g/mol. The number of allylic oxidation sites excluding steroid dienone is 1. The molecule has 1 amide bonds.